The highest BCUT2D eigenvalue weighted by atomic mass is 19.1. The van der Waals surface area contributed by atoms with E-state index in [2.05, 4.69) is 10.6 Å². The van der Waals surface area contributed by atoms with Gasteiger partial charge in [0.05, 0.1) is 11.6 Å². The minimum Gasteiger partial charge on any atom is -0.346 e. The molecule has 0 saturated carbocycles. The van der Waals surface area contributed by atoms with E-state index in [1.165, 1.54) is 12.1 Å². The van der Waals surface area contributed by atoms with Gasteiger partial charge in [-0.15, -0.1) is 0 Å². The van der Waals surface area contributed by atoms with Crippen molar-refractivity contribution in [2.45, 2.75) is 38.3 Å². The Balaban J connectivity index is 2.20. The van der Waals surface area contributed by atoms with E-state index < -0.39 is 23.2 Å². The first-order chi connectivity index (χ1) is 9.00. The molecule has 5 heteroatoms. The summed E-state index contributed by atoms with van der Waals surface area (Å²) < 4.78 is 26.4. The molecule has 1 aromatic rings. The Morgan fingerprint density at radius 3 is 2.26 bits per heavy atom. The van der Waals surface area contributed by atoms with Gasteiger partial charge in [0.25, 0.3) is 0 Å². The smallest absolute Gasteiger partial charge is 0.240 e. The lowest BCUT2D eigenvalue weighted by Crippen LogP contribution is -2.63. The highest BCUT2D eigenvalue weighted by molar-refractivity contribution is 5.87. The third kappa shape index (κ3) is 2.61. The molecule has 0 aromatic heterocycles. The largest absolute Gasteiger partial charge is 0.346 e. The zero-order chi connectivity index (χ0) is 14.0. The molecule has 1 aliphatic rings. The van der Waals surface area contributed by atoms with Gasteiger partial charge in [-0.2, -0.15) is 0 Å². The topological polar surface area (TPSA) is 41.1 Å². The van der Waals surface area contributed by atoms with Gasteiger partial charge in [0.2, 0.25) is 5.91 Å². The third-order valence-electron chi connectivity index (χ3n) is 3.88. The molecule has 19 heavy (non-hydrogen) atoms. The lowest BCUT2D eigenvalue weighted by molar-refractivity contribution is -0.131. The van der Waals surface area contributed by atoms with Crippen LogP contribution in [0.25, 0.3) is 0 Å². The van der Waals surface area contributed by atoms with Crippen LogP contribution < -0.4 is 10.6 Å². The van der Waals surface area contributed by atoms with Crippen LogP contribution in [-0.4, -0.2) is 18.0 Å². The number of hydrogen-bond acceptors (Lipinski definition) is 2. The molecular formula is C14H18F2N2O. The van der Waals surface area contributed by atoms with Crippen molar-refractivity contribution in [1.29, 1.82) is 0 Å². The van der Waals surface area contributed by atoms with Crippen molar-refractivity contribution in [1.82, 2.24) is 10.6 Å². The lowest BCUT2D eigenvalue weighted by Gasteiger charge is -2.39. The molecule has 1 fully saturated rings. The van der Waals surface area contributed by atoms with Crippen molar-refractivity contribution in [3.63, 3.8) is 0 Å². The van der Waals surface area contributed by atoms with Crippen LogP contribution in [0.5, 0.6) is 0 Å². The molecule has 0 aliphatic carbocycles. The highest BCUT2D eigenvalue weighted by Gasteiger charge is 2.39. The predicted molar refractivity (Wildman–Crippen MR) is 68.6 cm³/mol. The second-order valence-electron chi connectivity index (χ2n) is 4.90. The maximum atomic E-state index is 13.2. The quantitative estimate of drug-likeness (QED) is 0.883. The molecule has 1 amide bonds. The lowest BCUT2D eigenvalue weighted by atomic mass is 9.87. The minimum absolute atomic E-state index is 0.113. The summed E-state index contributed by atoms with van der Waals surface area (Å²) in [6.07, 6.45) is 1.36. The normalized spacial score (nSPS) is 22.1. The van der Waals surface area contributed by atoms with Gasteiger partial charge in [0.1, 0.15) is 11.6 Å². The SMILES string of the molecule is CCC1(CC)NC[C@@H](c2cc(F)cc(F)c2)NC1=O. The number of nitrogens with one attached hydrogen (secondary N) is 2. The van der Waals surface area contributed by atoms with Crippen molar-refractivity contribution in [2.75, 3.05) is 6.54 Å². The third-order valence-corrected chi connectivity index (χ3v) is 3.88. The fourth-order valence-electron chi connectivity index (χ4n) is 2.52. The Morgan fingerprint density at radius 1 is 1.21 bits per heavy atom. The van der Waals surface area contributed by atoms with Crippen molar-refractivity contribution in [2.24, 2.45) is 0 Å². The van der Waals surface area contributed by atoms with E-state index in [1.54, 1.807) is 0 Å². The summed E-state index contributed by atoms with van der Waals surface area (Å²) in [5.41, 5.74) is -0.123. The van der Waals surface area contributed by atoms with Gasteiger partial charge in [-0.05, 0) is 30.5 Å². The number of benzene rings is 1. The van der Waals surface area contributed by atoms with Gasteiger partial charge < -0.3 is 10.6 Å². The van der Waals surface area contributed by atoms with Crippen molar-refractivity contribution >= 4 is 5.91 Å². The van der Waals surface area contributed by atoms with Crippen LogP contribution in [-0.2, 0) is 4.79 Å². The van der Waals surface area contributed by atoms with Crippen molar-refractivity contribution in [3.05, 3.63) is 35.4 Å². The Bertz CT molecular complexity index is 466. The summed E-state index contributed by atoms with van der Waals surface area (Å²) in [6, 6.07) is 2.93. The molecule has 2 N–H and O–H groups in total. The van der Waals surface area contributed by atoms with Crippen LogP contribution in [0.2, 0.25) is 0 Å². The molecule has 0 spiro atoms. The molecule has 3 nitrogen and oxygen atoms in total. The first-order valence-electron chi connectivity index (χ1n) is 6.52. The van der Waals surface area contributed by atoms with E-state index in [1.807, 2.05) is 13.8 Å². The summed E-state index contributed by atoms with van der Waals surface area (Å²) >= 11 is 0. The Labute approximate surface area is 111 Å². The number of carbonyl (C=O) groups excluding carboxylic acids is 1. The minimum atomic E-state index is -0.632. The molecule has 0 radical (unpaired) electrons. The van der Waals surface area contributed by atoms with E-state index in [4.69, 9.17) is 0 Å². The summed E-state index contributed by atoms with van der Waals surface area (Å²) in [6.45, 7) is 4.35. The van der Waals surface area contributed by atoms with Gasteiger partial charge in [0.15, 0.2) is 0 Å². The summed E-state index contributed by atoms with van der Waals surface area (Å²) in [7, 11) is 0. The van der Waals surface area contributed by atoms with E-state index in [9.17, 15) is 13.6 Å². The molecule has 1 aromatic carbocycles. The van der Waals surface area contributed by atoms with Crippen LogP contribution in [0.15, 0.2) is 18.2 Å². The maximum absolute atomic E-state index is 13.2. The number of rotatable bonds is 3. The van der Waals surface area contributed by atoms with Crippen LogP contribution >= 0.6 is 0 Å². The van der Waals surface area contributed by atoms with Crippen molar-refractivity contribution in [3.8, 4) is 0 Å². The second-order valence-corrected chi connectivity index (χ2v) is 4.90. The molecule has 1 atom stereocenters. The average molecular weight is 268 g/mol. The highest BCUT2D eigenvalue weighted by Crippen LogP contribution is 2.25. The fraction of sp³-hybridized carbons (Fsp3) is 0.500. The molecule has 0 bridgehead atoms. The number of hydrogen-bond donors (Lipinski definition) is 2. The average Bonchev–Trinajstić information content (AvgIpc) is 2.38. The first-order valence-corrected chi connectivity index (χ1v) is 6.52. The summed E-state index contributed by atoms with van der Waals surface area (Å²) in [5, 5.41) is 6.06. The van der Waals surface area contributed by atoms with Gasteiger partial charge in [0, 0.05) is 12.6 Å². The molecular weight excluding hydrogens is 250 g/mol. The van der Waals surface area contributed by atoms with Crippen molar-refractivity contribution < 1.29 is 13.6 Å². The number of carbonyl (C=O) groups is 1. The van der Waals surface area contributed by atoms with Gasteiger partial charge >= 0.3 is 0 Å². The van der Waals surface area contributed by atoms with Crippen LogP contribution in [0.4, 0.5) is 8.78 Å². The number of amides is 1. The van der Waals surface area contributed by atoms with Crippen LogP contribution in [0.1, 0.15) is 38.3 Å². The fourth-order valence-corrected chi connectivity index (χ4v) is 2.52. The summed E-state index contributed by atoms with van der Waals surface area (Å²) in [4.78, 5) is 12.2. The molecule has 1 saturated heterocycles. The number of piperazine rings is 1. The van der Waals surface area contributed by atoms with Crippen LogP contribution in [0.3, 0.4) is 0 Å². The molecule has 0 unspecified atom stereocenters. The molecule has 1 heterocycles. The van der Waals surface area contributed by atoms with Gasteiger partial charge in [-0.3, -0.25) is 4.79 Å². The molecule has 2 rings (SSSR count). The standard InChI is InChI=1S/C14H18F2N2O/c1-3-14(4-2)13(19)18-12(8-17-14)9-5-10(15)7-11(16)6-9/h5-7,12,17H,3-4,8H2,1-2H3,(H,18,19)/t12-/m0/s1. The predicted octanol–water partition coefficient (Wildman–Crippen LogP) is 2.28. The van der Waals surface area contributed by atoms with E-state index in [0.29, 0.717) is 24.9 Å². The first kappa shape index (κ1) is 13.9. The maximum Gasteiger partial charge on any atom is 0.240 e. The van der Waals surface area contributed by atoms with Crippen LogP contribution in [0, 0.1) is 11.6 Å². The monoisotopic (exact) mass is 268 g/mol. The van der Waals surface area contributed by atoms with Gasteiger partial charge in [-0.25, -0.2) is 8.78 Å². The zero-order valence-electron chi connectivity index (χ0n) is 11.1. The zero-order valence-corrected chi connectivity index (χ0v) is 11.1. The Kier molecular flexibility index (Phi) is 3.85. The molecule has 104 valence electrons. The number of halogens is 2. The second kappa shape index (κ2) is 5.25. The molecule has 1 aliphatic heterocycles. The van der Waals surface area contributed by atoms with E-state index in [-0.39, 0.29) is 5.91 Å². The Morgan fingerprint density at radius 2 is 1.79 bits per heavy atom. The van der Waals surface area contributed by atoms with E-state index >= 15 is 0 Å². The Hall–Kier alpha value is -1.49. The van der Waals surface area contributed by atoms with E-state index in [0.717, 1.165) is 6.07 Å². The summed E-state index contributed by atoms with van der Waals surface area (Å²) in [5.74, 6) is -1.38. The van der Waals surface area contributed by atoms with Gasteiger partial charge in [-0.1, -0.05) is 13.8 Å².